The first-order chi connectivity index (χ1) is 50.3. The van der Waals surface area contributed by atoms with Gasteiger partial charge in [-0.05, 0) is 76.2 Å². The van der Waals surface area contributed by atoms with Crippen molar-refractivity contribution in [1.82, 2.24) is 0 Å². The SMILES string of the molecule is C=C(C)C(=O)O.C=C(C)C(=O)O.C=C(C)C(=O)O.C=C(C)C(=O)O.C=C(C)C(=O)O.C=C(C)C(=O)O.C=C(C)C(=O)O.C=C(C)C(=O)O.C=C(C)C(=O)O.C=C(C)C(=O)O.C=C(C)C(=O)O.OCC(CO)(CO)CO.OCC(CO)(CO)CO.OCC(CO)(CO)CO.OCC(CO)(CO)CO.OCC(CO)(CO)CO. The van der Waals surface area contributed by atoms with E-state index in [0.29, 0.717) is 0 Å². The fourth-order valence-corrected chi connectivity index (χ4v) is 1.50. The van der Waals surface area contributed by atoms with Crippen LogP contribution in [0, 0.1) is 27.1 Å². The number of aliphatic carboxylic acids is 11. The van der Waals surface area contributed by atoms with Crippen molar-refractivity contribution in [3.05, 3.63) is 134 Å². The summed E-state index contributed by atoms with van der Waals surface area (Å²) < 4.78 is 0. The minimum Gasteiger partial charge on any atom is -0.478 e. The summed E-state index contributed by atoms with van der Waals surface area (Å²) in [6, 6.07) is 0. The first-order valence-electron chi connectivity index (χ1n) is 30.2. The third-order valence-electron chi connectivity index (χ3n) is 10.7. The molecular weight excluding hydrogens is 1500 g/mol. The van der Waals surface area contributed by atoms with Gasteiger partial charge < -0.3 is 158 Å². The maximum absolute atomic E-state index is 9.60. The van der Waals surface area contributed by atoms with E-state index >= 15 is 0 Å². The summed E-state index contributed by atoms with van der Waals surface area (Å²) in [5.74, 6) is -10.3. The van der Waals surface area contributed by atoms with Crippen LogP contribution >= 0.6 is 0 Å². The predicted octanol–water partition coefficient (Wildman–Crippen LogP) is -3.17. The zero-order valence-electron chi connectivity index (χ0n) is 64.8. The van der Waals surface area contributed by atoms with Crippen molar-refractivity contribution < 1.29 is 211 Å². The van der Waals surface area contributed by atoms with Gasteiger partial charge in [0.2, 0.25) is 0 Å². The molecule has 0 spiro atoms. The van der Waals surface area contributed by atoms with Gasteiger partial charge in [-0.2, -0.15) is 0 Å². The zero-order chi connectivity index (χ0) is 93.3. The molecular formula is C69H126O42. The van der Waals surface area contributed by atoms with Crippen LogP contribution in [0.25, 0.3) is 0 Å². The molecule has 0 radical (unpaired) electrons. The van der Waals surface area contributed by atoms with Crippen LogP contribution < -0.4 is 0 Å². The molecule has 42 heteroatoms. The van der Waals surface area contributed by atoms with Crippen molar-refractivity contribution in [1.29, 1.82) is 0 Å². The minimum atomic E-state index is -1.11. The standard InChI is InChI=1S/5C5H12O4.11C4H6O2/c5*6-1-5(2-7,3-8)4-9;11*1-3(2)4(5)6/h5*6-9H,1-4H2;11*1H2,2H3,(H,5,6). The van der Waals surface area contributed by atoms with Gasteiger partial charge in [-0.25, -0.2) is 52.7 Å². The molecule has 0 aromatic heterocycles. The van der Waals surface area contributed by atoms with E-state index in [1.54, 1.807) is 0 Å². The smallest absolute Gasteiger partial charge is 0.330 e. The highest BCUT2D eigenvalue weighted by molar-refractivity contribution is 5.88. The van der Waals surface area contributed by atoms with Gasteiger partial charge in [-0.3, -0.25) is 0 Å². The van der Waals surface area contributed by atoms with E-state index < -0.39 is 225 Å². The largest absolute Gasteiger partial charge is 0.478 e. The highest BCUT2D eigenvalue weighted by atomic mass is 16.4. The molecule has 654 valence electrons. The minimum absolute atomic E-state index is 0.176. The monoisotopic (exact) mass is 1630 g/mol. The molecule has 42 nitrogen and oxygen atoms in total. The van der Waals surface area contributed by atoms with Crippen molar-refractivity contribution in [3.8, 4) is 0 Å². The topological polar surface area (TPSA) is 815 Å². The zero-order valence-corrected chi connectivity index (χ0v) is 64.8. The van der Waals surface area contributed by atoms with E-state index in [0.717, 1.165) is 0 Å². The van der Waals surface area contributed by atoms with Crippen LogP contribution in [0.15, 0.2) is 134 Å². The summed E-state index contributed by atoms with van der Waals surface area (Å²) >= 11 is 0. The Labute approximate surface area is 643 Å². The lowest BCUT2D eigenvalue weighted by atomic mass is 9.93. The van der Waals surface area contributed by atoms with E-state index in [1.807, 2.05) is 0 Å². The molecule has 0 atom stereocenters. The second-order valence-electron chi connectivity index (χ2n) is 22.6. The average molecular weight is 1630 g/mol. The number of carboxylic acids is 11. The Bertz CT molecular complexity index is 1930. The van der Waals surface area contributed by atoms with Crippen LogP contribution in [-0.4, -0.2) is 356 Å². The lowest BCUT2D eigenvalue weighted by Crippen LogP contribution is -2.37. The van der Waals surface area contributed by atoms with E-state index in [1.165, 1.54) is 76.2 Å². The quantitative estimate of drug-likeness (QED) is 0.0305. The van der Waals surface area contributed by atoms with Crippen molar-refractivity contribution in [3.63, 3.8) is 0 Å². The first kappa shape index (κ1) is 140. The first-order valence-corrected chi connectivity index (χ1v) is 30.2. The molecule has 0 aromatic carbocycles. The molecule has 0 rings (SSSR count). The lowest BCUT2D eigenvalue weighted by Gasteiger charge is -2.23. The van der Waals surface area contributed by atoms with E-state index in [2.05, 4.69) is 72.4 Å². The Morgan fingerprint density at radius 1 is 0.144 bits per heavy atom. The second-order valence-corrected chi connectivity index (χ2v) is 22.6. The van der Waals surface area contributed by atoms with Gasteiger partial charge in [0, 0.05) is 61.3 Å². The molecule has 0 saturated heterocycles. The Balaban J connectivity index is -0.0000000622. The van der Waals surface area contributed by atoms with Crippen molar-refractivity contribution in [2.45, 2.75) is 76.2 Å². The van der Waals surface area contributed by atoms with Crippen LogP contribution in [-0.2, 0) is 52.7 Å². The van der Waals surface area contributed by atoms with E-state index in [4.69, 9.17) is 158 Å². The summed E-state index contributed by atoms with van der Waals surface area (Å²) in [7, 11) is 0. The fraction of sp³-hybridized carbons (Fsp3) is 0.522. The van der Waals surface area contributed by atoms with Gasteiger partial charge in [-0.1, -0.05) is 72.4 Å². The van der Waals surface area contributed by atoms with Crippen molar-refractivity contribution in [2.75, 3.05) is 132 Å². The molecule has 0 bridgehead atoms. The van der Waals surface area contributed by atoms with Crippen LogP contribution in [0.2, 0.25) is 0 Å². The molecule has 0 saturated carbocycles. The third-order valence-corrected chi connectivity index (χ3v) is 10.7. The molecule has 0 heterocycles. The van der Waals surface area contributed by atoms with Gasteiger partial charge in [-0.15, -0.1) is 0 Å². The normalized spacial score (nSPS) is 9.32. The number of carbonyl (C=O) groups is 11. The summed E-state index contributed by atoms with van der Waals surface area (Å²) in [6.07, 6.45) is 0. The Hall–Kier alpha value is -9.49. The van der Waals surface area contributed by atoms with Crippen molar-refractivity contribution >= 4 is 65.7 Å². The molecule has 0 aliphatic heterocycles. The third kappa shape index (κ3) is 109. The summed E-state index contributed by atoms with van der Waals surface area (Å²) in [4.78, 5) is 106. The fourth-order valence-electron chi connectivity index (χ4n) is 1.50. The number of hydrogen-bond acceptors (Lipinski definition) is 31. The number of rotatable bonds is 31. The molecule has 31 N–H and O–H groups in total. The maximum atomic E-state index is 9.60. The molecule has 0 unspecified atom stereocenters. The molecule has 0 aromatic rings. The van der Waals surface area contributed by atoms with E-state index in [9.17, 15) is 52.7 Å². The van der Waals surface area contributed by atoms with Gasteiger partial charge in [0.05, 0.1) is 159 Å². The number of aliphatic hydroxyl groups is 20. The summed E-state index contributed by atoms with van der Waals surface area (Å²) in [6.45, 7) is 42.5. The molecule has 111 heavy (non-hydrogen) atoms. The van der Waals surface area contributed by atoms with Gasteiger partial charge >= 0.3 is 65.7 Å². The lowest BCUT2D eigenvalue weighted by molar-refractivity contribution is -0.133. The number of aliphatic hydroxyl groups excluding tert-OH is 20. The molecule has 0 aliphatic rings. The number of hydrogen-bond donors (Lipinski definition) is 31. The molecule has 0 aliphatic carbocycles. The van der Waals surface area contributed by atoms with Gasteiger partial charge in [0.25, 0.3) is 0 Å². The van der Waals surface area contributed by atoms with Crippen LogP contribution in [0.1, 0.15) is 76.2 Å². The summed E-state index contributed by atoms with van der Waals surface area (Å²) in [5, 5.41) is 257. The highest BCUT2D eigenvalue weighted by Gasteiger charge is 2.29. The molecule has 0 fully saturated rings. The second kappa shape index (κ2) is 87.7. The average Bonchev–Trinajstić information content (AvgIpc) is 0.939. The van der Waals surface area contributed by atoms with Crippen LogP contribution in [0.5, 0.6) is 0 Å². The predicted molar refractivity (Wildman–Crippen MR) is 401 cm³/mol. The van der Waals surface area contributed by atoms with Gasteiger partial charge in [0.1, 0.15) is 0 Å². The van der Waals surface area contributed by atoms with Crippen molar-refractivity contribution in [2.24, 2.45) is 27.1 Å². The highest BCUT2D eigenvalue weighted by Crippen LogP contribution is 2.15. The molecule has 0 amide bonds. The van der Waals surface area contributed by atoms with Gasteiger partial charge in [0.15, 0.2) is 0 Å². The Morgan fingerprint density at radius 2 is 0.171 bits per heavy atom. The maximum Gasteiger partial charge on any atom is 0.330 e. The van der Waals surface area contributed by atoms with E-state index in [-0.39, 0.29) is 61.3 Å². The summed E-state index contributed by atoms with van der Waals surface area (Å²) in [5.41, 5.74) is -3.62. The Morgan fingerprint density at radius 3 is 0.171 bits per heavy atom. The van der Waals surface area contributed by atoms with Crippen LogP contribution in [0.4, 0.5) is 0 Å². The Kier molecular flexibility index (Phi) is 111. The van der Waals surface area contributed by atoms with Crippen LogP contribution in [0.3, 0.4) is 0 Å². The number of carboxylic acid groups (broad SMARTS) is 11.